The summed E-state index contributed by atoms with van der Waals surface area (Å²) >= 11 is 1.11. The zero-order chi connectivity index (χ0) is 17.9. The van der Waals surface area contributed by atoms with E-state index < -0.39 is 18.0 Å². The van der Waals surface area contributed by atoms with Gasteiger partial charge >= 0.3 is 11.9 Å². The Kier molecular flexibility index (Phi) is 5.71. The van der Waals surface area contributed by atoms with Crippen molar-refractivity contribution in [1.82, 2.24) is 9.55 Å². The van der Waals surface area contributed by atoms with Crippen LogP contribution in [0.1, 0.15) is 48.5 Å². The summed E-state index contributed by atoms with van der Waals surface area (Å²) in [7, 11) is 0. The number of aryl methyl sites for hydroxylation is 1. The van der Waals surface area contributed by atoms with Gasteiger partial charge in [-0.3, -0.25) is 9.36 Å². The van der Waals surface area contributed by atoms with Crippen molar-refractivity contribution in [2.75, 3.05) is 13.2 Å². The number of carbonyl (C=O) groups is 2. The van der Waals surface area contributed by atoms with Crippen LogP contribution in [0.5, 0.6) is 0 Å². The zero-order valence-corrected chi connectivity index (χ0v) is 14.9. The molecular weight excluding hydrogens is 332 g/mol. The Morgan fingerprint density at radius 1 is 1.33 bits per heavy atom. The van der Waals surface area contributed by atoms with Gasteiger partial charge in [0.2, 0.25) is 0 Å². The summed E-state index contributed by atoms with van der Waals surface area (Å²) in [5.74, 6) is -0.960. The monoisotopic (exact) mass is 352 g/mol. The first-order valence-electron chi connectivity index (χ1n) is 7.76. The second-order valence-electron chi connectivity index (χ2n) is 5.26. The summed E-state index contributed by atoms with van der Waals surface area (Å²) in [6.07, 6.45) is 2.02. The molecule has 0 fully saturated rings. The van der Waals surface area contributed by atoms with Crippen molar-refractivity contribution in [2.45, 2.75) is 40.2 Å². The summed E-state index contributed by atoms with van der Waals surface area (Å²) in [5, 5.41) is 0.334. The molecule has 0 aliphatic rings. The predicted octanol–water partition coefficient (Wildman–Crippen LogP) is 2.46. The number of rotatable bonds is 6. The van der Waals surface area contributed by atoms with E-state index in [-0.39, 0.29) is 12.2 Å². The van der Waals surface area contributed by atoms with Crippen LogP contribution in [0.2, 0.25) is 0 Å². The van der Waals surface area contributed by atoms with Gasteiger partial charge in [0.05, 0.1) is 24.9 Å². The molecule has 1 atom stereocenters. The minimum absolute atomic E-state index is 0.254. The first-order valence-corrected chi connectivity index (χ1v) is 8.57. The summed E-state index contributed by atoms with van der Waals surface area (Å²) in [4.78, 5) is 41.7. The van der Waals surface area contributed by atoms with E-state index in [9.17, 15) is 14.4 Å². The van der Waals surface area contributed by atoms with Crippen LogP contribution in [0.15, 0.2) is 11.1 Å². The van der Waals surface area contributed by atoms with E-state index in [2.05, 4.69) is 4.98 Å². The average Bonchev–Trinajstić information content (AvgIpc) is 2.90. The Morgan fingerprint density at radius 2 is 2.04 bits per heavy atom. The molecule has 8 heteroatoms. The van der Waals surface area contributed by atoms with Crippen LogP contribution in [-0.4, -0.2) is 34.7 Å². The SMILES string of the molecule is CCCOC(=O)C(C)n1cnc2sc(C(=O)OCC)c(C)c2c1=O. The van der Waals surface area contributed by atoms with Crippen molar-refractivity contribution in [3.8, 4) is 0 Å². The van der Waals surface area contributed by atoms with E-state index in [0.29, 0.717) is 33.7 Å². The van der Waals surface area contributed by atoms with E-state index >= 15 is 0 Å². The highest BCUT2D eigenvalue weighted by atomic mass is 32.1. The molecule has 0 saturated carbocycles. The fraction of sp³-hybridized carbons (Fsp3) is 0.500. The summed E-state index contributed by atoms with van der Waals surface area (Å²) in [6, 6.07) is -0.786. The molecule has 0 saturated heterocycles. The maximum Gasteiger partial charge on any atom is 0.348 e. The quantitative estimate of drug-likeness (QED) is 0.742. The number of aromatic nitrogens is 2. The number of hydrogen-bond donors (Lipinski definition) is 0. The van der Waals surface area contributed by atoms with Gasteiger partial charge in [0, 0.05) is 0 Å². The van der Waals surface area contributed by atoms with Gasteiger partial charge in [-0.25, -0.2) is 14.6 Å². The lowest BCUT2D eigenvalue weighted by Gasteiger charge is -2.13. The number of esters is 2. The van der Waals surface area contributed by atoms with Gasteiger partial charge in [0.25, 0.3) is 5.56 Å². The topological polar surface area (TPSA) is 87.5 Å². The Hall–Kier alpha value is -2.22. The molecule has 7 nitrogen and oxygen atoms in total. The summed E-state index contributed by atoms with van der Waals surface area (Å²) in [5.41, 5.74) is 0.152. The molecule has 24 heavy (non-hydrogen) atoms. The van der Waals surface area contributed by atoms with E-state index in [1.165, 1.54) is 10.9 Å². The lowest BCUT2D eigenvalue weighted by molar-refractivity contribution is -0.147. The van der Waals surface area contributed by atoms with Gasteiger partial charge in [0.15, 0.2) is 0 Å². The molecule has 2 rings (SSSR count). The van der Waals surface area contributed by atoms with Gasteiger partial charge in [-0.15, -0.1) is 11.3 Å². The Labute approximate surface area is 143 Å². The minimum Gasteiger partial charge on any atom is -0.464 e. The van der Waals surface area contributed by atoms with Crippen LogP contribution < -0.4 is 5.56 Å². The fourth-order valence-corrected chi connectivity index (χ4v) is 3.27. The molecule has 1 unspecified atom stereocenters. The number of nitrogens with zero attached hydrogens (tertiary/aromatic N) is 2. The van der Waals surface area contributed by atoms with Crippen molar-refractivity contribution in [3.05, 3.63) is 27.1 Å². The molecule has 0 bridgehead atoms. The van der Waals surface area contributed by atoms with Crippen molar-refractivity contribution in [2.24, 2.45) is 0 Å². The van der Waals surface area contributed by atoms with Crippen LogP contribution >= 0.6 is 11.3 Å². The molecule has 2 aromatic heterocycles. The molecule has 0 amide bonds. The normalized spacial score (nSPS) is 12.2. The number of hydrogen-bond acceptors (Lipinski definition) is 7. The van der Waals surface area contributed by atoms with Gasteiger partial charge in [-0.2, -0.15) is 0 Å². The largest absolute Gasteiger partial charge is 0.464 e. The van der Waals surface area contributed by atoms with E-state index in [1.807, 2.05) is 6.92 Å². The minimum atomic E-state index is -0.786. The number of fused-ring (bicyclic) bond motifs is 1. The van der Waals surface area contributed by atoms with Crippen LogP contribution in [0.3, 0.4) is 0 Å². The predicted molar refractivity (Wildman–Crippen MR) is 90.5 cm³/mol. The molecule has 2 heterocycles. The third kappa shape index (κ3) is 3.33. The van der Waals surface area contributed by atoms with Gasteiger partial charge in [-0.1, -0.05) is 6.92 Å². The Balaban J connectivity index is 2.47. The number of ether oxygens (including phenoxy) is 2. The third-order valence-electron chi connectivity index (χ3n) is 3.54. The first-order chi connectivity index (χ1) is 11.4. The van der Waals surface area contributed by atoms with Gasteiger partial charge < -0.3 is 9.47 Å². The standard InChI is InChI=1S/C16H20N2O5S/c1-5-7-23-15(20)10(4)18-8-17-13-11(14(18)19)9(3)12(24-13)16(21)22-6-2/h8,10H,5-7H2,1-4H3. The Morgan fingerprint density at radius 3 is 2.67 bits per heavy atom. The Bertz CT molecular complexity index is 824. The molecule has 0 aromatic carbocycles. The van der Waals surface area contributed by atoms with E-state index in [1.54, 1.807) is 20.8 Å². The lowest BCUT2D eigenvalue weighted by atomic mass is 10.2. The highest BCUT2D eigenvalue weighted by Gasteiger charge is 2.23. The average molecular weight is 352 g/mol. The highest BCUT2D eigenvalue weighted by molar-refractivity contribution is 7.20. The van der Waals surface area contributed by atoms with Gasteiger partial charge in [0.1, 0.15) is 15.7 Å². The van der Waals surface area contributed by atoms with Crippen molar-refractivity contribution in [1.29, 1.82) is 0 Å². The lowest BCUT2D eigenvalue weighted by Crippen LogP contribution is -2.29. The number of carbonyl (C=O) groups excluding carboxylic acids is 2. The fourth-order valence-electron chi connectivity index (χ4n) is 2.24. The van der Waals surface area contributed by atoms with Crippen molar-refractivity contribution < 1.29 is 19.1 Å². The second-order valence-corrected chi connectivity index (χ2v) is 6.26. The first kappa shape index (κ1) is 18.1. The van der Waals surface area contributed by atoms with Crippen LogP contribution in [-0.2, 0) is 14.3 Å². The summed E-state index contributed by atoms with van der Waals surface area (Å²) in [6.45, 7) is 7.43. The third-order valence-corrected chi connectivity index (χ3v) is 4.72. The van der Waals surface area contributed by atoms with Crippen LogP contribution in [0.4, 0.5) is 0 Å². The molecule has 130 valence electrons. The highest BCUT2D eigenvalue weighted by Crippen LogP contribution is 2.27. The maximum absolute atomic E-state index is 12.7. The molecule has 0 N–H and O–H groups in total. The number of thiophene rings is 1. The van der Waals surface area contributed by atoms with Crippen molar-refractivity contribution in [3.63, 3.8) is 0 Å². The van der Waals surface area contributed by atoms with Crippen LogP contribution in [0, 0.1) is 6.92 Å². The van der Waals surface area contributed by atoms with E-state index in [4.69, 9.17) is 9.47 Å². The maximum atomic E-state index is 12.7. The van der Waals surface area contributed by atoms with Crippen LogP contribution in [0.25, 0.3) is 10.2 Å². The molecular formula is C16H20N2O5S. The van der Waals surface area contributed by atoms with Gasteiger partial charge in [-0.05, 0) is 32.8 Å². The van der Waals surface area contributed by atoms with Crippen molar-refractivity contribution >= 4 is 33.5 Å². The molecule has 0 spiro atoms. The second kappa shape index (κ2) is 7.57. The summed E-state index contributed by atoms with van der Waals surface area (Å²) < 4.78 is 11.3. The zero-order valence-electron chi connectivity index (χ0n) is 14.1. The smallest absolute Gasteiger partial charge is 0.348 e. The molecule has 0 aliphatic heterocycles. The molecule has 2 aromatic rings. The molecule has 0 radical (unpaired) electrons. The molecule has 0 aliphatic carbocycles. The van der Waals surface area contributed by atoms with E-state index in [0.717, 1.165) is 11.3 Å².